The van der Waals surface area contributed by atoms with Gasteiger partial charge in [0.2, 0.25) is 10.0 Å². The Balaban J connectivity index is 2.24. The van der Waals surface area contributed by atoms with Crippen molar-refractivity contribution in [2.24, 2.45) is 0 Å². The van der Waals surface area contributed by atoms with Crippen LogP contribution in [0.25, 0.3) is 0 Å². The van der Waals surface area contributed by atoms with Crippen LogP contribution in [0.1, 0.15) is 17.5 Å². The van der Waals surface area contributed by atoms with Gasteiger partial charge in [0.25, 0.3) is 0 Å². The number of sulfonamides is 1. The lowest BCUT2D eigenvalue weighted by molar-refractivity contribution is 0.579. The van der Waals surface area contributed by atoms with Crippen molar-refractivity contribution in [1.82, 2.24) is 10.0 Å². The van der Waals surface area contributed by atoms with E-state index in [1.807, 2.05) is 18.2 Å². The summed E-state index contributed by atoms with van der Waals surface area (Å²) >= 11 is 0. The number of hydrogen-bond acceptors (Lipinski definition) is 4. The van der Waals surface area contributed by atoms with Gasteiger partial charge in [0.1, 0.15) is 0 Å². The van der Waals surface area contributed by atoms with Crippen LogP contribution in [0.5, 0.6) is 0 Å². The highest BCUT2D eigenvalue weighted by molar-refractivity contribution is 7.88. The molecule has 0 aliphatic rings. The molecule has 0 aliphatic carbocycles. The molecule has 0 spiro atoms. The summed E-state index contributed by atoms with van der Waals surface area (Å²) in [6.07, 6.45) is 1.85. The molecule has 0 heterocycles. The van der Waals surface area contributed by atoms with Crippen molar-refractivity contribution in [3.8, 4) is 6.07 Å². The third-order valence-corrected chi connectivity index (χ3v) is 3.08. The molecule has 5 nitrogen and oxygen atoms in total. The molecule has 0 aromatic heterocycles. The number of nitrogens with zero attached hydrogens (tertiary/aromatic N) is 1. The Bertz CT molecular complexity index is 520. The smallest absolute Gasteiger partial charge is 0.208 e. The van der Waals surface area contributed by atoms with E-state index in [2.05, 4.69) is 16.1 Å². The van der Waals surface area contributed by atoms with Crippen LogP contribution in [-0.2, 0) is 16.6 Å². The van der Waals surface area contributed by atoms with Gasteiger partial charge < -0.3 is 5.32 Å². The molecular weight excluding hydrogens is 250 g/mol. The molecule has 0 unspecified atom stereocenters. The van der Waals surface area contributed by atoms with Crippen LogP contribution in [0, 0.1) is 11.3 Å². The Morgan fingerprint density at radius 2 is 2.00 bits per heavy atom. The summed E-state index contributed by atoms with van der Waals surface area (Å²) in [7, 11) is -3.09. The zero-order valence-electron chi connectivity index (χ0n) is 10.3. The lowest BCUT2D eigenvalue weighted by atomic mass is 10.1. The molecule has 0 atom stereocenters. The third kappa shape index (κ3) is 5.77. The van der Waals surface area contributed by atoms with E-state index < -0.39 is 10.0 Å². The first kappa shape index (κ1) is 14.6. The summed E-state index contributed by atoms with van der Waals surface area (Å²) in [5.74, 6) is 0. The highest BCUT2D eigenvalue weighted by Crippen LogP contribution is 2.06. The average molecular weight is 267 g/mol. The summed E-state index contributed by atoms with van der Waals surface area (Å²) in [4.78, 5) is 0. The molecule has 0 aliphatic heterocycles. The molecule has 6 heteroatoms. The van der Waals surface area contributed by atoms with Gasteiger partial charge in [0.15, 0.2) is 0 Å². The van der Waals surface area contributed by atoms with Crippen LogP contribution in [0.4, 0.5) is 0 Å². The predicted molar refractivity (Wildman–Crippen MR) is 70.3 cm³/mol. The maximum Gasteiger partial charge on any atom is 0.208 e. The predicted octanol–water partition coefficient (Wildman–Crippen LogP) is 0.587. The summed E-state index contributed by atoms with van der Waals surface area (Å²) in [5.41, 5.74) is 1.62. The SMILES string of the molecule is CS(=O)(=O)NCCCNCc1ccccc1C#N. The molecule has 0 radical (unpaired) electrons. The lowest BCUT2D eigenvalue weighted by Crippen LogP contribution is -2.26. The Kier molecular flexibility index (Phi) is 5.78. The van der Waals surface area contributed by atoms with Crippen molar-refractivity contribution in [2.75, 3.05) is 19.3 Å². The van der Waals surface area contributed by atoms with Gasteiger partial charge in [-0.05, 0) is 24.6 Å². The van der Waals surface area contributed by atoms with E-state index in [1.54, 1.807) is 6.07 Å². The number of nitrogens with one attached hydrogen (secondary N) is 2. The van der Waals surface area contributed by atoms with E-state index >= 15 is 0 Å². The van der Waals surface area contributed by atoms with Crippen LogP contribution in [-0.4, -0.2) is 27.8 Å². The number of nitriles is 1. The molecule has 0 saturated heterocycles. The van der Waals surface area contributed by atoms with Crippen molar-refractivity contribution in [3.63, 3.8) is 0 Å². The molecule has 0 saturated carbocycles. The molecule has 1 rings (SSSR count). The standard InChI is InChI=1S/C12H17N3O2S/c1-18(16,17)15-8-4-7-14-10-12-6-3-2-5-11(12)9-13/h2-3,5-6,14-15H,4,7-8,10H2,1H3. The van der Waals surface area contributed by atoms with Crippen LogP contribution in [0.2, 0.25) is 0 Å². The first-order chi connectivity index (χ1) is 8.53. The van der Waals surface area contributed by atoms with Crippen LogP contribution < -0.4 is 10.0 Å². The molecule has 0 amide bonds. The van der Waals surface area contributed by atoms with Crippen LogP contribution in [0.3, 0.4) is 0 Å². The van der Waals surface area contributed by atoms with Gasteiger partial charge in [-0.25, -0.2) is 13.1 Å². The van der Waals surface area contributed by atoms with Crippen molar-refractivity contribution < 1.29 is 8.42 Å². The van der Waals surface area contributed by atoms with Crippen LogP contribution in [0.15, 0.2) is 24.3 Å². The van der Waals surface area contributed by atoms with Gasteiger partial charge in [0.05, 0.1) is 17.9 Å². The molecule has 18 heavy (non-hydrogen) atoms. The van der Waals surface area contributed by atoms with Gasteiger partial charge in [0, 0.05) is 13.1 Å². The monoisotopic (exact) mass is 267 g/mol. The van der Waals surface area contributed by atoms with Crippen molar-refractivity contribution >= 4 is 10.0 Å². The summed E-state index contributed by atoms with van der Waals surface area (Å²) in [6, 6.07) is 9.54. The molecule has 1 aromatic carbocycles. The van der Waals surface area contributed by atoms with Gasteiger partial charge in [-0.1, -0.05) is 18.2 Å². The Morgan fingerprint density at radius 1 is 1.28 bits per heavy atom. The van der Waals surface area contributed by atoms with E-state index in [0.717, 1.165) is 11.8 Å². The Hall–Kier alpha value is -1.42. The second-order valence-corrected chi connectivity index (χ2v) is 5.80. The molecule has 98 valence electrons. The maximum absolute atomic E-state index is 10.8. The number of rotatable bonds is 7. The molecule has 2 N–H and O–H groups in total. The largest absolute Gasteiger partial charge is 0.313 e. The minimum atomic E-state index is -3.09. The maximum atomic E-state index is 10.8. The highest BCUT2D eigenvalue weighted by Gasteiger charge is 2.00. The second-order valence-electron chi connectivity index (χ2n) is 3.97. The fourth-order valence-electron chi connectivity index (χ4n) is 1.48. The second kappa shape index (κ2) is 7.11. The Morgan fingerprint density at radius 3 is 2.67 bits per heavy atom. The van der Waals surface area contributed by atoms with E-state index in [1.165, 1.54) is 0 Å². The minimum absolute atomic E-state index is 0.422. The molecule has 0 fully saturated rings. The zero-order valence-corrected chi connectivity index (χ0v) is 11.1. The van der Waals surface area contributed by atoms with Gasteiger partial charge >= 0.3 is 0 Å². The molecule has 0 bridgehead atoms. The van der Waals surface area contributed by atoms with Gasteiger partial charge in [-0.3, -0.25) is 0 Å². The van der Waals surface area contributed by atoms with Crippen molar-refractivity contribution in [2.45, 2.75) is 13.0 Å². The number of benzene rings is 1. The summed E-state index contributed by atoms with van der Waals surface area (Å²) in [5, 5.41) is 12.1. The topological polar surface area (TPSA) is 82.0 Å². The van der Waals surface area contributed by atoms with E-state index in [-0.39, 0.29) is 0 Å². The third-order valence-electron chi connectivity index (χ3n) is 2.35. The quantitative estimate of drug-likeness (QED) is 0.708. The highest BCUT2D eigenvalue weighted by atomic mass is 32.2. The fraction of sp³-hybridized carbons (Fsp3) is 0.417. The first-order valence-corrected chi connectivity index (χ1v) is 7.55. The number of hydrogen-bond donors (Lipinski definition) is 2. The van der Waals surface area contributed by atoms with E-state index in [9.17, 15) is 8.42 Å². The summed E-state index contributed by atoms with van der Waals surface area (Å²) < 4.78 is 24.0. The first-order valence-electron chi connectivity index (χ1n) is 5.66. The van der Waals surface area contributed by atoms with Crippen molar-refractivity contribution in [1.29, 1.82) is 5.26 Å². The minimum Gasteiger partial charge on any atom is -0.313 e. The lowest BCUT2D eigenvalue weighted by Gasteiger charge is -2.06. The summed E-state index contributed by atoms with van der Waals surface area (Å²) in [6.45, 7) is 1.73. The normalized spacial score (nSPS) is 11.1. The van der Waals surface area contributed by atoms with Gasteiger partial charge in [-0.2, -0.15) is 5.26 Å². The molecule has 1 aromatic rings. The van der Waals surface area contributed by atoms with Crippen LogP contribution >= 0.6 is 0 Å². The van der Waals surface area contributed by atoms with E-state index in [4.69, 9.17) is 5.26 Å². The zero-order chi connectivity index (χ0) is 13.4. The fourth-order valence-corrected chi connectivity index (χ4v) is 1.99. The molecular formula is C12H17N3O2S. The van der Waals surface area contributed by atoms with Crippen molar-refractivity contribution in [3.05, 3.63) is 35.4 Å². The van der Waals surface area contributed by atoms with Gasteiger partial charge in [-0.15, -0.1) is 0 Å². The van der Waals surface area contributed by atoms with E-state index in [0.29, 0.717) is 31.6 Å². The Labute approximate surface area is 108 Å². The average Bonchev–Trinajstić information content (AvgIpc) is 2.32.